The lowest BCUT2D eigenvalue weighted by Gasteiger charge is -2.18. The van der Waals surface area contributed by atoms with Crippen molar-refractivity contribution in [3.05, 3.63) is 65.5 Å². The molecule has 0 bridgehead atoms. The summed E-state index contributed by atoms with van der Waals surface area (Å²) in [6.45, 7) is 1.91. The van der Waals surface area contributed by atoms with Gasteiger partial charge in [0.05, 0.1) is 13.2 Å². The zero-order chi connectivity index (χ0) is 18.3. The minimum atomic E-state index is -0.490. The molecule has 0 radical (unpaired) electrons. The molecule has 0 unspecified atom stereocenters. The number of nitrogens with zero attached hydrogens (tertiary/aromatic N) is 1. The average Bonchev–Trinajstić information content (AvgIpc) is 3.20. The van der Waals surface area contributed by atoms with Gasteiger partial charge < -0.3 is 14.9 Å². The molecule has 1 saturated heterocycles. The second-order valence-corrected chi connectivity index (χ2v) is 7.43. The van der Waals surface area contributed by atoms with Crippen molar-refractivity contribution >= 4 is 0 Å². The van der Waals surface area contributed by atoms with Crippen molar-refractivity contribution < 1.29 is 19.3 Å². The largest absolute Gasteiger partial charge is 0.496 e. The van der Waals surface area contributed by atoms with Crippen molar-refractivity contribution in [3.63, 3.8) is 0 Å². The monoisotopic (exact) mass is 357 g/mol. The lowest BCUT2D eigenvalue weighted by atomic mass is 9.95. The normalized spacial score (nSPS) is 30.7. The summed E-state index contributed by atoms with van der Waals surface area (Å²) in [6, 6.07) is 14.7. The Kier molecular flexibility index (Phi) is 4.47. The molecule has 4 rings (SSSR count). The molecule has 2 aromatic rings. The summed E-state index contributed by atoms with van der Waals surface area (Å²) in [5.74, 6) is 0.439. The van der Waals surface area contributed by atoms with E-state index in [0.717, 1.165) is 5.56 Å². The summed E-state index contributed by atoms with van der Waals surface area (Å²) in [7, 11) is 1.53. The van der Waals surface area contributed by atoms with Gasteiger partial charge in [0.1, 0.15) is 11.6 Å². The molecular formula is C21H24FNO3. The van der Waals surface area contributed by atoms with Gasteiger partial charge in [0, 0.05) is 43.3 Å². The fraction of sp³-hybridized carbons (Fsp3) is 0.429. The zero-order valence-corrected chi connectivity index (χ0v) is 14.8. The summed E-state index contributed by atoms with van der Waals surface area (Å²) < 4.78 is 18.7. The molecule has 2 fully saturated rings. The number of ether oxygens (including phenoxy) is 1. The zero-order valence-electron chi connectivity index (χ0n) is 14.8. The first-order valence-corrected chi connectivity index (χ1v) is 8.98. The van der Waals surface area contributed by atoms with Gasteiger partial charge in [0.2, 0.25) is 0 Å². The fourth-order valence-electron chi connectivity index (χ4n) is 4.87. The maximum atomic E-state index is 13.4. The maximum absolute atomic E-state index is 13.4. The van der Waals surface area contributed by atoms with E-state index in [1.54, 1.807) is 6.07 Å². The maximum Gasteiger partial charge on any atom is 0.126 e. The number of hydrogen-bond donors (Lipinski definition) is 2. The number of hydrogen-bond acceptors (Lipinski definition) is 4. The number of methoxy groups -OCH3 is 1. The molecule has 5 heteroatoms. The molecule has 1 spiro atoms. The standard InChI is InChI=1S/C21H24FNO3/c1-26-18-9-16(22)8-7-15(18)10-23-11-19(25)21(13-23)17(12-24)20(21)14-5-3-2-4-6-14/h2-9,17,19-20,24-25H,10-13H2,1H3/t17-,19-,20-,21-/m1/s1. The van der Waals surface area contributed by atoms with Crippen LogP contribution in [0, 0.1) is 17.2 Å². The number of likely N-dealkylation sites (tertiary alicyclic amines) is 1. The number of aliphatic hydroxyl groups excluding tert-OH is 2. The van der Waals surface area contributed by atoms with Crippen LogP contribution in [0.4, 0.5) is 4.39 Å². The van der Waals surface area contributed by atoms with Crippen LogP contribution in [0.25, 0.3) is 0 Å². The fourth-order valence-corrected chi connectivity index (χ4v) is 4.87. The molecule has 0 aromatic heterocycles. The van der Waals surface area contributed by atoms with Crippen LogP contribution in [0.3, 0.4) is 0 Å². The first-order valence-electron chi connectivity index (χ1n) is 8.98. The lowest BCUT2D eigenvalue weighted by molar-refractivity contribution is 0.111. The number of benzene rings is 2. The highest BCUT2D eigenvalue weighted by atomic mass is 19.1. The molecule has 26 heavy (non-hydrogen) atoms. The summed E-state index contributed by atoms with van der Waals surface area (Å²) in [5, 5.41) is 20.7. The third-order valence-corrected chi connectivity index (χ3v) is 6.11. The van der Waals surface area contributed by atoms with Crippen molar-refractivity contribution in [3.8, 4) is 5.75 Å². The summed E-state index contributed by atoms with van der Waals surface area (Å²) in [5.41, 5.74) is 1.77. The van der Waals surface area contributed by atoms with Gasteiger partial charge in [0.15, 0.2) is 0 Å². The van der Waals surface area contributed by atoms with Gasteiger partial charge in [-0.2, -0.15) is 0 Å². The first kappa shape index (κ1) is 17.5. The number of rotatable bonds is 5. The van der Waals surface area contributed by atoms with Crippen LogP contribution in [-0.2, 0) is 6.54 Å². The minimum Gasteiger partial charge on any atom is -0.496 e. The van der Waals surface area contributed by atoms with Gasteiger partial charge in [-0.25, -0.2) is 4.39 Å². The van der Waals surface area contributed by atoms with Crippen LogP contribution in [0.2, 0.25) is 0 Å². The lowest BCUT2D eigenvalue weighted by Crippen LogP contribution is -2.23. The van der Waals surface area contributed by atoms with Crippen molar-refractivity contribution in [1.29, 1.82) is 0 Å². The third kappa shape index (κ3) is 2.71. The van der Waals surface area contributed by atoms with Crippen molar-refractivity contribution in [1.82, 2.24) is 4.90 Å². The second-order valence-electron chi connectivity index (χ2n) is 7.43. The van der Waals surface area contributed by atoms with E-state index in [-0.39, 0.29) is 29.7 Å². The Hall–Kier alpha value is -1.95. The summed E-state index contributed by atoms with van der Waals surface area (Å²) in [6.07, 6.45) is -0.490. The van der Waals surface area contributed by atoms with E-state index in [0.29, 0.717) is 25.4 Å². The van der Waals surface area contributed by atoms with E-state index >= 15 is 0 Å². The second kappa shape index (κ2) is 6.65. The summed E-state index contributed by atoms with van der Waals surface area (Å²) in [4.78, 5) is 2.17. The van der Waals surface area contributed by atoms with Crippen LogP contribution >= 0.6 is 0 Å². The first-order chi connectivity index (χ1) is 12.6. The highest BCUT2D eigenvalue weighted by Gasteiger charge is 2.70. The van der Waals surface area contributed by atoms with Gasteiger partial charge in [-0.3, -0.25) is 4.90 Å². The van der Waals surface area contributed by atoms with Crippen LogP contribution in [-0.4, -0.2) is 48.0 Å². The SMILES string of the molecule is COc1cc(F)ccc1CN1C[C@@H](O)[C@@]2(C1)[C@H](CO)[C@H]2c1ccccc1. The van der Waals surface area contributed by atoms with E-state index in [2.05, 4.69) is 17.0 Å². The molecule has 2 N–H and O–H groups in total. The van der Waals surface area contributed by atoms with Crippen molar-refractivity contribution in [2.45, 2.75) is 18.6 Å². The molecule has 1 saturated carbocycles. The van der Waals surface area contributed by atoms with Gasteiger partial charge in [-0.05, 0) is 23.5 Å². The van der Waals surface area contributed by atoms with Gasteiger partial charge in [0.25, 0.3) is 0 Å². The summed E-state index contributed by atoms with van der Waals surface area (Å²) >= 11 is 0. The molecule has 138 valence electrons. The van der Waals surface area contributed by atoms with E-state index in [4.69, 9.17) is 4.74 Å². The molecule has 2 aromatic carbocycles. The molecule has 0 amide bonds. The highest BCUT2D eigenvalue weighted by molar-refractivity contribution is 5.38. The Morgan fingerprint density at radius 2 is 2.00 bits per heavy atom. The Morgan fingerprint density at radius 3 is 2.69 bits per heavy atom. The van der Waals surface area contributed by atoms with E-state index < -0.39 is 6.10 Å². The average molecular weight is 357 g/mol. The van der Waals surface area contributed by atoms with Crippen LogP contribution < -0.4 is 4.74 Å². The van der Waals surface area contributed by atoms with Crippen LogP contribution in [0.15, 0.2) is 48.5 Å². The van der Waals surface area contributed by atoms with Crippen LogP contribution in [0.5, 0.6) is 5.75 Å². The molecule has 2 aliphatic rings. The van der Waals surface area contributed by atoms with Crippen molar-refractivity contribution in [2.75, 3.05) is 26.8 Å². The minimum absolute atomic E-state index is 0.0695. The molecular weight excluding hydrogens is 333 g/mol. The van der Waals surface area contributed by atoms with Gasteiger partial charge in [-0.1, -0.05) is 36.4 Å². The van der Waals surface area contributed by atoms with Crippen molar-refractivity contribution in [2.24, 2.45) is 11.3 Å². The quantitative estimate of drug-likeness (QED) is 0.863. The Labute approximate surface area is 152 Å². The Balaban J connectivity index is 1.55. The molecule has 1 aliphatic carbocycles. The highest BCUT2D eigenvalue weighted by Crippen LogP contribution is 2.68. The topological polar surface area (TPSA) is 52.9 Å². The van der Waals surface area contributed by atoms with E-state index in [9.17, 15) is 14.6 Å². The smallest absolute Gasteiger partial charge is 0.126 e. The molecule has 4 nitrogen and oxygen atoms in total. The number of halogens is 1. The number of aliphatic hydroxyl groups is 2. The van der Waals surface area contributed by atoms with Gasteiger partial charge >= 0.3 is 0 Å². The number of β-amino-alcohol motifs (C(OH)–C–C–N with tert-alkyl or cyclic N) is 1. The Morgan fingerprint density at radius 1 is 1.23 bits per heavy atom. The molecule has 1 aliphatic heterocycles. The molecule has 4 atom stereocenters. The third-order valence-electron chi connectivity index (χ3n) is 6.11. The van der Waals surface area contributed by atoms with Gasteiger partial charge in [-0.15, -0.1) is 0 Å². The predicted molar refractivity (Wildman–Crippen MR) is 96.4 cm³/mol. The van der Waals surface area contributed by atoms with Crippen LogP contribution in [0.1, 0.15) is 17.0 Å². The Bertz CT molecular complexity index is 784. The van der Waals surface area contributed by atoms with E-state index in [1.165, 1.54) is 24.8 Å². The predicted octanol–water partition coefficient (Wildman–Crippen LogP) is 2.40. The van der Waals surface area contributed by atoms with E-state index in [1.807, 2.05) is 18.2 Å². The molecule has 1 heterocycles.